The van der Waals surface area contributed by atoms with E-state index in [-0.39, 0.29) is 23.0 Å². The zero-order valence-electron chi connectivity index (χ0n) is 13.9. The van der Waals surface area contributed by atoms with Crippen molar-refractivity contribution >= 4 is 22.9 Å². The zero-order chi connectivity index (χ0) is 20.2. The second kappa shape index (κ2) is 6.11. The lowest BCUT2D eigenvalue weighted by molar-refractivity contribution is -0.242. The summed E-state index contributed by atoms with van der Waals surface area (Å²) in [4.78, 5) is 15.9. The fourth-order valence-corrected chi connectivity index (χ4v) is 2.72. The highest BCUT2D eigenvalue weighted by Crippen LogP contribution is 2.40. The molecule has 0 unspecified atom stereocenters. The first-order chi connectivity index (χ1) is 12.3. The number of alkyl halides is 6. The Balaban J connectivity index is 2.06. The number of carbonyl (C=O) groups excluding carboxylic acids is 1. The maximum absolute atomic E-state index is 13.0. The summed E-state index contributed by atoms with van der Waals surface area (Å²) < 4.78 is 78.8. The van der Waals surface area contributed by atoms with Crippen LogP contribution in [0.3, 0.4) is 0 Å². The van der Waals surface area contributed by atoms with E-state index in [9.17, 15) is 36.2 Å². The molecular weight excluding hydrogens is 380 g/mol. The molecule has 148 valence electrons. The zero-order valence-corrected chi connectivity index (χ0v) is 13.9. The quantitative estimate of drug-likeness (QED) is 0.772. The van der Waals surface area contributed by atoms with Gasteiger partial charge in [-0.1, -0.05) is 0 Å². The van der Waals surface area contributed by atoms with Gasteiger partial charge in [0.25, 0.3) is 5.91 Å². The van der Waals surface area contributed by atoms with E-state index in [2.05, 4.69) is 4.98 Å². The van der Waals surface area contributed by atoms with Gasteiger partial charge in [-0.3, -0.25) is 10.1 Å². The van der Waals surface area contributed by atoms with Gasteiger partial charge in [0.1, 0.15) is 0 Å². The number of hydrogen-bond donors (Lipinski definition) is 2. The number of carbonyl (C=O) groups is 1. The molecule has 0 spiro atoms. The number of halogens is 6. The van der Waals surface area contributed by atoms with Crippen LogP contribution in [0.25, 0.3) is 11.0 Å². The number of nitrogens with one attached hydrogen (secondary N) is 1. The molecule has 0 saturated heterocycles. The van der Waals surface area contributed by atoms with Crippen LogP contribution in [0, 0.1) is 0 Å². The standard InChI is InChI=1S/C16H15F6N3O2/c1-14(27,16(20,21)22)12(26)24-13-23-10-6-5-8(15(17,18)19)7-11(10)25(13)9-3-2-4-9/h5-7,9,27H,2-4H2,1H3,(H,23,24,26)/t14-/m0/s1. The van der Waals surface area contributed by atoms with Gasteiger partial charge in [-0.25, -0.2) is 4.98 Å². The summed E-state index contributed by atoms with van der Waals surface area (Å²) in [6, 6.07) is 2.44. The molecule has 5 nitrogen and oxygen atoms in total. The van der Waals surface area contributed by atoms with Gasteiger partial charge in [0.05, 0.1) is 16.6 Å². The Labute approximate surface area is 149 Å². The second-order valence-electron chi connectivity index (χ2n) is 6.62. The minimum atomic E-state index is -5.23. The van der Waals surface area contributed by atoms with Crippen molar-refractivity contribution < 1.29 is 36.2 Å². The van der Waals surface area contributed by atoms with Gasteiger partial charge in [0, 0.05) is 6.04 Å². The summed E-state index contributed by atoms with van der Waals surface area (Å²) in [5.41, 5.74) is -4.46. The van der Waals surface area contributed by atoms with Crippen molar-refractivity contribution in [3.8, 4) is 0 Å². The number of fused-ring (bicyclic) bond motifs is 1. The summed E-state index contributed by atoms with van der Waals surface area (Å²) in [5.74, 6) is -2.09. The lowest BCUT2D eigenvalue weighted by Gasteiger charge is -2.30. The van der Waals surface area contributed by atoms with E-state index in [4.69, 9.17) is 0 Å². The van der Waals surface area contributed by atoms with Gasteiger partial charge in [-0.15, -0.1) is 0 Å². The van der Waals surface area contributed by atoms with E-state index in [0.717, 1.165) is 24.6 Å². The molecule has 1 amide bonds. The van der Waals surface area contributed by atoms with Crippen molar-refractivity contribution in [1.29, 1.82) is 0 Å². The Morgan fingerprint density at radius 1 is 1.22 bits per heavy atom. The van der Waals surface area contributed by atoms with E-state index in [1.54, 1.807) is 0 Å². The summed E-state index contributed by atoms with van der Waals surface area (Å²) in [6.45, 7) is 0.292. The molecule has 3 rings (SSSR count). The van der Waals surface area contributed by atoms with Crippen molar-refractivity contribution in [2.45, 2.75) is 50.2 Å². The molecule has 11 heteroatoms. The largest absolute Gasteiger partial charge is 0.426 e. The number of imidazole rings is 1. The molecule has 1 heterocycles. The number of anilines is 1. The maximum Gasteiger partial charge on any atom is 0.426 e. The molecule has 0 radical (unpaired) electrons. The van der Waals surface area contributed by atoms with Crippen LogP contribution in [0.4, 0.5) is 32.3 Å². The molecule has 1 saturated carbocycles. The average molecular weight is 395 g/mol. The summed E-state index contributed by atoms with van der Waals surface area (Å²) in [7, 11) is 0. The monoisotopic (exact) mass is 395 g/mol. The predicted octanol–water partition coefficient (Wildman–Crippen LogP) is 4.03. The third-order valence-corrected chi connectivity index (χ3v) is 4.68. The predicted molar refractivity (Wildman–Crippen MR) is 82.9 cm³/mol. The number of benzene rings is 1. The number of rotatable bonds is 3. The van der Waals surface area contributed by atoms with Crippen LogP contribution in [-0.4, -0.2) is 32.3 Å². The lowest BCUT2D eigenvalue weighted by atomic mass is 9.92. The lowest BCUT2D eigenvalue weighted by Crippen LogP contribution is -2.52. The molecule has 1 aliphatic rings. The van der Waals surface area contributed by atoms with Gasteiger partial charge >= 0.3 is 12.4 Å². The molecule has 1 fully saturated rings. The van der Waals surface area contributed by atoms with Crippen LogP contribution in [0.5, 0.6) is 0 Å². The number of aliphatic hydroxyl groups is 1. The molecule has 1 aromatic heterocycles. The Morgan fingerprint density at radius 2 is 1.85 bits per heavy atom. The van der Waals surface area contributed by atoms with Crippen LogP contribution in [0.2, 0.25) is 0 Å². The normalized spacial score (nSPS) is 18.2. The number of amides is 1. The Hall–Kier alpha value is -2.30. The summed E-state index contributed by atoms with van der Waals surface area (Å²) in [6.07, 6.45) is -7.88. The van der Waals surface area contributed by atoms with E-state index < -0.39 is 29.4 Å². The van der Waals surface area contributed by atoms with E-state index in [1.807, 2.05) is 5.32 Å². The second-order valence-corrected chi connectivity index (χ2v) is 6.62. The third kappa shape index (κ3) is 3.35. The summed E-state index contributed by atoms with van der Waals surface area (Å²) >= 11 is 0. The minimum Gasteiger partial charge on any atom is -0.373 e. The number of aromatic nitrogens is 2. The molecular formula is C16H15F6N3O2. The van der Waals surface area contributed by atoms with Crippen molar-refractivity contribution in [3.05, 3.63) is 23.8 Å². The Kier molecular flexibility index (Phi) is 4.41. The van der Waals surface area contributed by atoms with Crippen molar-refractivity contribution in [2.75, 3.05) is 5.32 Å². The van der Waals surface area contributed by atoms with Crippen molar-refractivity contribution in [1.82, 2.24) is 9.55 Å². The highest BCUT2D eigenvalue weighted by atomic mass is 19.4. The van der Waals surface area contributed by atoms with Crippen molar-refractivity contribution in [3.63, 3.8) is 0 Å². The van der Waals surface area contributed by atoms with E-state index >= 15 is 0 Å². The molecule has 0 aliphatic heterocycles. The van der Waals surface area contributed by atoms with Crippen LogP contribution in [0.15, 0.2) is 18.2 Å². The van der Waals surface area contributed by atoms with Gasteiger partial charge in [-0.2, -0.15) is 26.3 Å². The van der Waals surface area contributed by atoms with Gasteiger partial charge in [0.15, 0.2) is 0 Å². The van der Waals surface area contributed by atoms with Gasteiger partial charge in [0.2, 0.25) is 11.5 Å². The van der Waals surface area contributed by atoms with Crippen LogP contribution < -0.4 is 5.32 Å². The van der Waals surface area contributed by atoms with Crippen LogP contribution in [-0.2, 0) is 11.0 Å². The van der Waals surface area contributed by atoms with Gasteiger partial charge in [-0.05, 0) is 44.4 Å². The highest BCUT2D eigenvalue weighted by molar-refractivity contribution is 5.97. The van der Waals surface area contributed by atoms with E-state index in [1.165, 1.54) is 4.57 Å². The molecule has 0 bridgehead atoms. The minimum absolute atomic E-state index is 0.0523. The molecule has 27 heavy (non-hydrogen) atoms. The molecule has 1 atom stereocenters. The molecule has 1 aliphatic carbocycles. The third-order valence-electron chi connectivity index (χ3n) is 4.68. The maximum atomic E-state index is 13.0. The van der Waals surface area contributed by atoms with Crippen LogP contribution in [0.1, 0.15) is 37.8 Å². The first kappa shape index (κ1) is 19.5. The van der Waals surface area contributed by atoms with Crippen molar-refractivity contribution in [2.24, 2.45) is 0 Å². The SMILES string of the molecule is C[C@](O)(C(=O)Nc1nc2ccc(C(F)(F)F)cc2n1C1CCC1)C(F)(F)F. The smallest absolute Gasteiger partial charge is 0.373 e. The van der Waals surface area contributed by atoms with Crippen LogP contribution >= 0.6 is 0 Å². The molecule has 1 aromatic carbocycles. The highest BCUT2D eigenvalue weighted by Gasteiger charge is 2.56. The van der Waals surface area contributed by atoms with E-state index in [0.29, 0.717) is 19.8 Å². The average Bonchev–Trinajstić information content (AvgIpc) is 2.81. The Bertz CT molecular complexity index is 881. The molecule has 2 N–H and O–H groups in total. The number of nitrogens with zero attached hydrogens (tertiary/aromatic N) is 2. The molecule has 2 aromatic rings. The fourth-order valence-electron chi connectivity index (χ4n) is 2.72. The fraction of sp³-hybridized carbons (Fsp3) is 0.500. The first-order valence-electron chi connectivity index (χ1n) is 8.02. The Morgan fingerprint density at radius 3 is 2.33 bits per heavy atom. The van der Waals surface area contributed by atoms with Gasteiger partial charge < -0.3 is 9.67 Å². The summed E-state index contributed by atoms with van der Waals surface area (Å²) in [5, 5.41) is 11.4. The number of hydrogen-bond acceptors (Lipinski definition) is 3. The first-order valence-corrected chi connectivity index (χ1v) is 8.02. The topological polar surface area (TPSA) is 67.2 Å².